The lowest BCUT2D eigenvalue weighted by Crippen LogP contribution is -2.15. The Balaban J connectivity index is 1.57. The molecule has 9 heteroatoms. The van der Waals surface area contributed by atoms with Crippen LogP contribution in [0.2, 0.25) is 10.0 Å². The largest absolute Gasteiger partial charge is 0.324 e. The van der Waals surface area contributed by atoms with Gasteiger partial charge in [-0.05, 0) is 23.8 Å². The van der Waals surface area contributed by atoms with Gasteiger partial charge in [-0.3, -0.25) is 4.79 Å². The van der Waals surface area contributed by atoms with E-state index < -0.39 is 0 Å². The summed E-state index contributed by atoms with van der Waals surface area (Å²) in [6, 6.07) is 15.2. The molecule has 156 valence electrons. The quantitative estimate of drug-likeness (QED) is 0.288. The van der Waals surface area contributed by atoms with Crippen molar-refractivity contribution < 1.29 is 4.79 Å². The van der Waals surface area contributed by atoms with E-state index in [1.807, 2.05) is 22.8 Å². The van der Waals surface area contributed by atoms with Gasteiger partial charge in [0, 0.05) is 17.3 Å². The Kier molecular flexibility index (Phi) is 8.69. The molecule has 0 radical (unpaired) electrons. The summed E-state index contributed by atoms with van der Waals surface area (Å²) in [6.45, 7) is 4.40. The summed E-state index contributed by atoms with van der Waals surface area (Å²) in [5.41, 5.74) is 1.79. The highest BCUT2D eigenvalue weighted by atomic mass is 35.5. The first-order chi connectivity index (χ1) is 14.6. The maximum Gasteiger partial charge on any atom is 0.234 e. The summed E-state index contributed by atoms with van der Waals surface area (Å²) < 4.78 is 1.98. The van der Waals surface area contributed by atoms with Crippen molar-refractivity contribution in [2.24, 2.45) is 0 Å². The zero-order chi connectivity index (χ0) is 21.3. The molecule has 3 aromatic rings. The summed E-state index contributed by atoms with van der Waals surface area (Å²) in [6.07, 6.45) is 1.80. The van der Waals surface area contributed by atoms with Crippen LogP contribution in [-0.2, 0) is 22.8 Å². The van der Waals surface area contributed by atoms with Gasteiger partial charge in [0.25, 0.3) is 0 Å². The second-order valence-electron chi connectivity index (χ2n) is 6.24. The topological polar surface area (TPSA) is 59.8 Å². The number of halogens is 2. The second-order valence-corrected chi connectivity index (χ2v) is 9.01. The summed E-state index contributed by atoms with van der Waals surface area (Å²) in [7, 11) is 0. The van der Waals surface area contributed by atoms with Crippen LogP contribution in [0.15, 0.2) is 66.3 Å². The minimum absolute atomic E-state index is 0.183. The second kappa shape index (κ2) is 11.5. The van der Waals surface area contributed by atoms with Crippen molar-refractivity contribution in [1.29, 1.82) is 0 Å². The van der Waals surface area contributed by atoms with E-state index in [-0.39, 0.29) is 11.7 Å². The normalized spacial score (nSPS) is 10.7. The molecule has 2 aromatic carbocycles. The van der Waals surface area contributed by atoms with Crippen LogP contribution in [0.5, 0.6) is 0 Å². The minimum Gasteiger partial charge on any atom is -0.324 e. The number of anilines is 1. The Bertz CT molecular complexity index is 1010. The third-order valence-corrected chi connectivity index (χ3v) is 6.50. The number of thioether (sulfide) groups is 2. The zero-order valence-corrected chi connectivity index (χ0v) is 19.2. The molecule has 0 unspecified atom stereocenters. The van der Waals surface area contributed by atoms with Gasteiger partial charge < -0.3 is 9.88 Å². The predicted molar refractivity (Wildman–Crippen MR) is 127 cm³/mol. The van der Waals surface area contributed by atoms with Crippen molar-refractivity contribution in [2.45, 2.75) is 23.2 Å². The fraction of sp³-hybridized carbons (Fsp3) is 0.190. The zero-order valence-electron chi connectivity index (χ0n) is 16.1. The Hall–Kier alpha value is -1.93. The molecule has 1 aromatic heterocycles. The molecule has 0 bridgehead atoms. The van der Waals surface area contributed by atoms with Crippen LogP contribution in [0, 0.1) is 0 Å². The van der Waals surface area contributed by atoms with E-state index >= 15 is 0 Å². The minimum atomic E-state index is -0.183. The molecular weight excluding hydrogens is 459 g/mol. The average Bonchev–Trinajstić information content (AvgIpc) is 3.11. The van der Waals surface area contributed by atoms with E-state index in [2.05, 4.69) is 34.2 Å². The first-order valence-electron chi connectivity index (χ1n) is 9.09. The molecule has 0 atom stereocenters. The van der Waals surface area contributed by atoms with Gasteiger partial charge in [-0.1, -0.05) is 71.4 Å². The van der Waals surface area contributed by atoms with Gasteiger partial charge in [-0.25, -0.2) is 0 Å². The first-order valence-corrected chi connectivity index (χ1v) is 12.0. The molecule has 0 aliphatic heterocycles. The Morgan fingerprint density at radius 3 is 2.67 bits per heavy atom. The van der Waals surface area contributed by atoms with Crippen LogP contribution in [0.4, 0.5) is 5.69 Å². The van der Waals surface area contributed by atoms with E-state index in [1.165, 1.54) is 17.3 Å². The first kappa shape index (κ1) is 22.7. The lowest BCUT2D eigenvalue weighted by Gasteiger charge is -2.09. The summed E-state index contributed by atoms with van der Waals surface area (Å²) in [4.78, 5) is 12.3. The van der Waals surface area contributed by atoms with E-state index in [9.17, 15) is 4.79 Å². The van der Waals surface area contributed by atoms with Gasteiger partial charge in [0.15, 0.2) is 5.16 Å². The molecular formula is C21H20Cl2N4OS2. The van der Waals surface area contributed by atoms with Crippen LogP contribution in [0.3, 0.4) is 0 Å². The van der Waals surface area contributed by atoms with Gasteiger partial charge in [-0.2, -0.15) is 0 Å². The number of allylic oxidation sites excluding steroid dienone is 1. The number of hydrogen-bond donors (Lipinski definition) is 1. The van der Waals surface area contributed by atoms with Gasteiger partial charge >= 0.3 is 0 Å². The van der Waals surface area contributed by atoms with Crippen LogP contribution in [0.25, 0.3) is 0 Å². The molecule has 1 N–H and O–H groups in total. The Labute approximate surface area is 194 Å². The number of nitrogens with zero attached hydrogens (tertiary/aromatic N) is 3. The van der Waals surface area contributed by atoms with Crippen LogP contribution >= 0.6 is 46.7 Å². The molecule has 30 heavy (non-hydrogen) atoms. The van der Waals surface area contributed by atoms with Crippen molar-refractivity contribution in [3.63, 3.8) is 0 Å². The molecule has 0 saturated carbocycles. The Morgan fingerprint density at radius 2 is 1.93 bits per heavy atom. The molecule has 3 rings (SSSR count). The lowest BCUT2D eigenvalue weighted by atomic mass is 10.2. The summed E-state index contributed by atoms with van der Waals surface area (Å²) in [5.74, 6) is 2.49. The molecule has 0 fully saturated rings. The van der Waals surface area contributed by atoms with Gasteiger partial charge in [-0.15, -0.1) is 28.5 Å². The molecule has 0 saturated heterocycles. The van der Waals surface area contributed by atoms with Crippen molar-refractivity contribution in [1.82, 2.24) is 14.8 Å². The van der Waals surface area contributed by atoms with Crippen molar-refractivity contribution >= 4 is 58.3 Å². The standard InChI is InChI=1S/C21H20Cl2N4OS2/c1-2-10-27-19(13-29-12-15-6-4-3-5-7-15)25-26-21(27)30-14-20(28)24-18-9-8-16(22)11-17(18)23/h2-9,11H,1,10,12-14H2,(H,24,28). The monoisotopic (exact) mass is 478 g/mol. The molecule has 0 aliphatic rings. The average molecular weight is 479 g/mol. The molecule has 0 spiro atoms. The highest BCUT2D eigenvalue weighted by molar-refractivity contribution is 7.99. The molecule has 0 aliphatic carbocycles. The third kappa shape index (κ3) is 6.54. The SMILES string of the molecule is C=CCn1c(CSCc2ccccc2)nnc1SCC(=O)Nc1ccc(Cl)cc1Cl. The van der Waals surface area contributed by atoms with Crippen LogP contribution in [0.1, 0.15) is 11.4 Å². The fourth-order valence-electron chi connectivity index (χ4n) is 2.59. The number of aromatic nitrogens is 3. The van der Waals surface area contributed by atoms with Crippen molar-refractivity contribution in [2.75, 3.05) is 11.1 Å². The molecule has 1 heterocycles. The number of carbonyl (C=O) groups excluding carboxylic acids is 1. The van der Waals surface area contributed by atoms with Crippen molar-refractivity contribution in [3.05, 3.63) is 82.6 Å². The van der Waals surface area contributed by atoms with E-state index in [4.69, 9.17) is 23.2 Å². The van der Waals surface area contributed by atoms with Crippen LogP contribution < -0.4 is 5.32 Å². The summed E-state index contributed by atoms with van der Waals surface area (Å²) >= 11 is 15.1. The van der Waals surface area contributed by atoms with E-state index in [0.717, 1.165) is 17.3 Å². The fourth-order valence-corrected chi connectivity index (χ4v) is 4.74. The number of carbonyl (C=O) groups is 1. The van der Waals surface area contributed by atoms with Gasteiger partial charge in [0.2, 0.25) is 5.91 Å². The number of rotatable bonds is 10. The van der Waals surface area contributed by atoms with E-state index in [1.54, 1.807) is 36.0 Å². The number of nitrogens with one attached hydrogen (secondary N) is 1. The highest BCUT2D eigenvalue weighted by Crippen LogP contribution is 2.26. The number of amides is 1. The predicted octanol–water partition coefficient (Wildman–Crippen LogP) is 5.94. The Morgan fingerprint density at radius 1 is 1.13 bits per heavy atom. The lowest BCUT2D eigenvalue weighted by molar-refractivity contribution is -0.113. The smallest absolute Gasteiger partial charge is 0.234 e. The van der Waals surface area contributed by atoms with Crippen LogP contribution in [-0.4, -0.2) is 26.4 Å². The highest BCUT2D eigenvalue weighted by Gasteiger charge is 2.14. The van der Waals surface area contributed by atoms with Crippen molar-refractivity contribution in [3.8, 4) is 0 Å². The summed E-state index contributed by atoms with van der Waals surface area (Å²) in [5, 5.41) is 12.9. The maximum absolute atomic E-state index is 12.3. The van der Waals surface area contributed by atoms with Gasteiger partial charge in [0.1, 0.15) is 5.82 Å². The number of hydrogen-bond acceptors (Lipinski definition) is 5. The number of benzene rings is 2. The molecule has 1 amide bonds. The van der Waals surface area contributed by atoms with Gasteiger partial charge in [0.05, 0.1) is 22.2 Å². The van der Waals surface area contributed by atoms with E-state index in [0.29, 0.717) is 27.4 Å². The maximum atomic E-state index is 12.3. The third-order valence-electron chi connectivity index (χ3n) is 3.99. The molecule has 5 nitrogen and oxygen atoms in total.